The molecule has 0 aromatic carbocycles. The first-order valence-electron chi connectivity index (χ1n) is 13.2. The zero-order valence-corrected chi connectivity index (χ0v) is 20.2. The molecule has 5 fully saturated rings. The Balaban J connectivity index is 1.10. The number of epoxide rings is 2. The van der Waals surface area contributed by atoms with E-state index in [1.54, 1.807) is 0 Å². The van der Waals surface area contributed by atoms with E-state index in [0.717, 1.165) is 45.9 Å². The lowest BCUT2D eigenvalue weighted by Gasteiger charge is -2.41. The maximum atomic E-state index is 6.35. The summed E-state index contributed by atoms with van der Waals surface area (Å²) in [6.07, 6.45) is 11.5. The van der Waals surface area contributed by atoms with Crippen LogP contribution in [0, 0.1) is 22.7 Å². The van der Waals surface area contributed by atoms with Crippen molar-refractivity contribution < 1.29 is 28.4 Å². The molecule has 6 heteroatoms. The third kappa shape index (κ3) is 5.69. The van der Waals surface area contributed by atoms with Crippen molar-refractivity contribution in [2.24, 2.45) is 22.7 Å². The second-order valence-electron chi connectivity index (χ2n) is 11.5. The number of ether oxygens (including phenoxy) is 6. The molecule has 6 unspecified atom stereocenters. The highest BCUT2D eigenvalue weighted by Crippen LogP contribution is 2.41. The van der Waals surface area contributed by atoms with Crippen molar-refractivity contribution in [3.63, 3.8) is 0 Å². The first kappa shape index (κ1) is 23.5. The topological polar surface area (TPSA) is 62.0 Å². The third-order valence-electron chi connectivity index (χ3n) is 8.88. The Kier molecular flexibility index (Phi) is 7.47. The van der Waals surface area contributed by atoms with Crippen LogP contribution in [0.1, 0.15) is 65.2 Å². The minimum Gasteiger partial charge on any atom is -0.380 e. The van der Waals surface area contributed by atoms with Crippen LogP contribution >= 0.6 is 0 Å². The molecule has 5 aliphatic rings. The number of hydrogen-bond donors (Lipinski definition) is 0. The molecule has 6 nitrogen and oxygen atoms in total. The fourth-order valence-electron chi connectivity index (χ4n) is 5.86. The van der Waals surface area contributed by atoms with Gasteiger partial charge in [-0.3, -0.25) is 0 Å². The van der Waals surface area contributed by atoms with Crippen molar-refractivity contribution in [3.8, 4) is 0 Å². The molecule has 5 rings (SSSR count). The molecule has 0 bridgehead atoms. The van der Waals surface area contributed by atoms with Gasteiger partial charge < -0.3 is 28.4 Å². The molecular weight excluding hydrogens is 408 g/mol. The first-order valence-corrected chi connectivity index (χ1v) is 13.2. The lowest BCUT2D eigenvalue weighted by atomic mass is 9.83. The molecule has 0 aromatic rings. The number of hydrogen-bond acceptors (Lipinski definition) is 6. The van der Waals surface area contributed by atoms with Crippen LogP contribution < -0.4 is 0 Å². The SMILES string of the molecule is CCC(COCC1CCC2OC2C1)(COCC1CCC2OC2C1)COCC1(CC)COC1. The van der Waals surface area contributed by atoms with Crippen LogP contribution in [-0.2, 0) is 28.4 Å². The normalized spacial score (nSPS) is 38.8. The van der Waals surface area contributed by atoms with Gasteiger partial charge in [0, 0.05) is 24.0 Å². The summed E-state index contributed by atoms with van der Waals surface area (Å²) in [5.41, 5.74) is 0.132. The van der Waals surface area contributed by atoms with E-state index in [9.17, 15) is 0 Å². The van der Waals surface area contributed by atoms with Gasteiger partial charge in [0.1, 0.15) is 0 Å². The molecule has 0 N–H and O–H groups in total. The largest absolute Gasteiger partial charge is 0.380 e. The number of rotatable bonds is 14. The van der Waals surface area contributed by atoms with E-state index in [1.165, 1.54) is 38.5 Å². The summed E-state index contributed by atoms with van der Waals surface area (Å²) >= 11 is 0. The smallest absolute Gasteiger partial charge is 0.0845 e. The van der Waals surface area contributed by atoms with Crippen molar-refractivity contribution in [1.29, 1.82) is 0 Å². The van der Waals surface area contributed by atoms with E-state index >= 15 is 0 Å². The van der Waals surface area contributed by atoms with E-state index in [2.05, 4.69) is 13.8 Å². The maximum Gasteiger partial charge on any atom is 0.0845 e. The van der Waals surface area contributed by atoms with Gasteiger partial charge in [0.15, 0.2) is 0 Å². The second kappa shape index (κ2) is 10.2. The Morgan fingerprint density at radius 1 is 0.750 bits per heavy atom. The first-order chi connectivity index (χ1) is 15.6. The van der Waals surface area contributed by atoms with Crippen molar-refractivity contribution in [3.05, 3.63) is 0 Å². The summed E-state index contributed by atoms with van der Waals surface area (Å²) in [6.45, 7) is 10.7. The molecule has 0 radical (unpaired) electrons. The highest BCUT2D eigenvalue weighted by Gasteiger charge is 2.45. The minimum atomic E-state index is -0.0832. The summed E-state index contributed by atoms with van der Waals surface area (Å²) in [6, 6.07) is 0. The zero-order valence-electron chi connectivity index (χ0n) is 20.2. The molecule has 2 saturated carbocycles. The van der Waals surface area contributed by atoms with Gasteiger partial charge in [-0.15, -0.1) is 0 Å². The number of fused-ring (bicyclic) bond motifs is 2. The zero-order chi connectivity index (χ0) is 22.0. The predicted octanol–water partition coefficient (Wildman–Crippen LogP) is 3.99. The summed E-state index contributed by atoms with van der Waals surface area (Å²) in [5.74, 6) is 1.28. The lowest BCUT2D eigenvalue weighted by Crippen LogP contribution is -2.47. The highest BCUT2D eigenvalue weighted by atomic mass is 16.6. The molecule has 3 saturated heterocycles. The van der Waals surface area contributed by atoms with Crippen molar-refractivity contribution in [1.82, 2.24) is 0 Å². The van der Waals surface area contributed by atoms with E-state index in [-0.39, 0.29) is 10.8 Å². The van der Waals surface area contributed by atoms with Crippen molar-refractivity contribution >= 4 is 0 Å². The van der Waals surface area contributed by atoms with Gasteiger partial charge in [-0.05, 0) is 63.2 Å². The van der Waals surface area contributed by atoms with E-state index in [4.69, 9.17) is 28.4 Å². The second-order valence-corrected chi connectivity index (χ2v) is 11.5. The van der Waals surface area contributed by atoms with E-state index in [1.807, 2.05) is 0 Å². The molecular formula is C26H44O6. The summed E-state index contributed by atoms with van der Waals surface area (Å²) in [4.78, 5) is 0. The molecule has 32 heavy (non-hydrogen) atoms. The summed E-state index contributed by atoms with van der Waals surface area (Å²) in [7, 11) is 0. The average molecular weight is 453 g/mol. The molecule has 0 aromatic heterocycles. The van der Waals surface area contributed by atoms with Crippen LogP contribution in [0.3, 0.4) is 0 Å². The van der Waals surface area contributed by atoms with Crippen molar-refractivity contribution in [2.75, 3.05) is 52.9 Å². The molecule has 0 amide bonds. The summed E-state index contributed by atoms with van der Waals surface area (Å²) < 4.78 is 35.9. The van der Waals surface area contributed by atoms with Crippen LogP contribution in [0.5, 0.6) is 0 Å². The predicted molar refractivity (Wildman–Crippen MR) is 121 cm³/mol. The van der Waals surface area contributed by atoms with Gasteiger partial charge in [-0.25, -0.2) is 0 Å². The van der Waals surface area contributed by atoms with Gasteiger partial charge in [-0.2, -0.15) is 0 Å². The molecule has 0 spiro atoms. The van der Waals surface area contributed by atoms with Crippen molar-refractivity contribution in [2.45, 2.75) is 89.6 Å². The van der Waals surface area contributed by atoms with Gasteiger partial charge in [0.25, 0.3) is 0 Å². The molecule has 184 valence electrons. The minimum absolute atomic E-state index is 0.0832. The highest BCUT2D eigenvalue weighted by molar-refractivity contribution is 4.93. The van der Waals surface area contributed by atoms with Gasteiger partial charge in [0.05, 0.1) is 64.1 Å². The Labute approximate surface area is 194 Å². The van der Waals surface area contributed by atoms with Gasteiger partial charge in [0.2, 0.25) is 0 Å². The fraction of sp³-hybridized carbons (Fsp3) is 1.00. The Morgan fingerprint density at radius 3 is 1.75 bits per heavy atom. The monoisotopic (exact) mass is 452 g/mol. The van der Waals surface area contributed by atoms with Crippen LogP contribution in [0.15, 0.2) is 0 Å². The Bertz CT molecular complexity index is 568. The quantitative estimate of drug-likeness (QED) is 0.371. The van der Waals surface area contributed by atoms with Crippen LogP contribution in [0.4, 0.5) is 0 Å². The average Bonchev–Trinajstić information content (AvgIpc) is 3.69. The Morgan fingerprint density at radius 2 is 1.31 bits per heavy atom. The molecule has 3 heterocycles. The molecule has 6 atom stereocenters. The van der Waals surface area contributed by atoms with Crippen LogP contribution in [0.25, 0.3) is 0 Å². The van der Waals surface area contributed by atoms with Gasteiger partial charge >= 0.3 is 0 Å². The van der Waals surface area contributed by atoms with E-state index in [0.29, 0.717) is 56.1 Å². The van der Waals surface area contributed by atoms with Crippen LogP contribution in [0.2, 0.25) is 0 Å². The standard InChI is InChI=1S/C26H44O6/c1-3-25(15-29-16-26(4-2)17-30-18-26,13-27-11-19-5-7-21-23(9-19)31-21)14-28-12-20-6-8-22-24(10-20)32-22/h19-24H,3-18H2,1-2H3. The van der Waals surface area contributed by atoms with Gasteiger partial charge in [-0.1, -0.05) is 13.8 Å². The molecule has 2 aliphatic carbocycles. The van der Waals surface area contributed by atoms with E-state index < -0.39 is 0 Å². The third-order valence-corrected chi connectivity index (χ3v) is 8.88. The fourth-order valence-corrected chi connectivity index (χ4v) is 5.86. The maximum absolute atomic E-state index is 6.35. The molecule has 3 aliphatic heterocycles. The summed E-state index contributed by atoms with van der Waals surface area (Å²) in [5, 5.41) is 0. The lowest BCUT2D eigenvalue weighted by molar-refractivity contribution is -0.165. The Hall–Kier alpha value is -0.240. The van der Waals surface area contributed by atoms with Crippen LogP contribution in [-0.4, -0.2) is 77.3 Å².